The molecule has 0 fully saturated rings. The lowest BCUT2D eigenvalue weighted by atomic mass is 10.1. The minimum absolute atomic E-state index is 0.230. The average Bonchev–Trinajstić information content (AvgIpc) is 2.15. The second kappa shape index (κ2) is 4.64. The molecule has 7 nitrogen and oxygen atoms in total. The van der Waals surface area contributed by atoms with Gasteiger partial charge in [-0.15, -0.1) is 0 Å². The summed E-state index contributed by atoms with van der Waals surface area (Å²) in [5.74, 6) is 0. The van der Waals surface area contributed by atoms with Crippen LogP contribution in [-0.2, 0) is 0 Å². The number of hydrogen-bond donors (Lipinski definition) is 0. The lowest BCUT2D eigenvalue weighted by Gasteiger charge is -2.04. The minimum atomic E-state index is -1.10. The Morgan fingerprint density at radius 2 is 1.82 bits per heavy atom. The maximum atomic E-state index is 11.0. The van der Waals surface area contributed by atoms with Crippen molar-refractivity contribution >= 4 is 39.8 Å². The first-order valence-corrected chi connectivity index (χ1v) is 4.84. The molecule has 0 saturated heterocycles. The molecule has 1 aromatic carbocycles. The van der Waals surface area contributed by atoms with E-state index in [0.717, 1.165) is 6.07 Å². The zero-order valence-electron chi connectivity index (χ0n) is 8.27. The summed E-state index contributed by atoms with van der Waals surface area (Å²) < 4.78 is 0. The van der Waals surface area contributed by atoms with Crippen molar-refractivity contribution in [2.75, 3.05) is 0 Å². The number of hydrogen-bond acceptors (Lipinski definition) is 5. The molecule has 0 amide bonds. The van der Waals surface area contributed by atoms with Crippen molar-refractivity contribution < 1.29 is 14.6 Å². The second-order valence-corrected chi connectivity index (χ2v) is 3.74. The van der Waals surface area contributed by atoms with Crippen LogP contribution in [0.5, 0.6) is 0 Å². The van der Waals surface area contributed by atoms with Gasteiger partial charge in [-0.1, -0.05) is 11.6 Å². The molecule has 0 bridgehead atoms. The highest BCUT2D eigenvalue weighted by Gasteiger charge is 2.30. The molecule has 9 heteroatoms. The van der Waals surface area contributed by atoms with E-state index in [0.29, 0.717) is 0 Å². The number of benzene rings is 1. The fourth-order valence-electron chi connectivity index (χ4n) is 1.27. The van der Waals surface area contributed by atoms with Gasteiger partial charge in [0.1, 0.15) is 10.6 Å². The summed E-state index contributed by atoms with van der Waals surface area (Å²) in [6, 6.07) is 0.819. The summed E-state index contributed by atoms with van der Waals surface area (Å²) in [6.07, 6.45) is 0. The number of carbonyl (C=O) groups is 1. The van der Waals surface area contributed by atoms with Crippen molar-refractivity contribution in [2.24, 2.45) is 0 Å². The molecule has 0 spiro atoms. The molecule has 0 radical (unpaired) electrons. The summed E-state index contributed by atoms with van der Waals surface area (Å²) in [4.78, 5) is 30.6. The van der Waals surface area contributed by atoms with E-state index >= 15 is 0 Å². The summed E-state index contributed by atoms with van der Waals surface area (Å²) in [5.41, 5.74) is -1.96. The predicted molar refractivity (Wildman–Crippen MR) is 59.7 cm³/mol. The number of halogens is 2. The van der Waals surface area contributed by atoms with Crippen molar-refractivity contribution in [1.29, 1.82) is 0 Å². The highest BCUT2D eigenvalue weighted by Crippen LogP contribution is 2.37. The Labute approximate surface area is 104 Å². The molecule has 0 saturated carbocycles. The maximum absolute atomic E-state index is 11.0. The smallest absolute Gasteiger partial charge is 0.276 e. The standard InChI is InChI=1S/C8H4Cl2N2O5/c1-3-5(11(14)15)2-4(8(10)13)6(9)7(3)12(16)17/h2H,1H3. The number of nitrogens with zero attached hydrogens (tertiary/aromatic N) is 2. The van der Waals surface area contributed by atoms with Crippen LogP contribution in [-0.4, -0.2) is 15.1 Å². The molecule has 0 N–H and O–H groups in total. The van der Waals surface area contributed by atoms with Crippen LogP contribution in [0.2, 0.25) is 5.02 Å². The largest absolute Gasteiger partial charge is 0.298 e. The molecule has 0 unspecified atom stereocenters. The zero-order chi connectivity index (χ0) is 13.3. The summed E-state index contributed by atoms with van der Waals surface area (Å²) in [7, 11) is 0. The van der Waals surface area contributed by atoms with Gasteiger partial charge in [0.05, 0.1) is 15.4 Å². The van der Waals surface area contributed by atoms with Crippen molar-refractivity contribution in [3.8, 4) is 0 Å². The zero-order valence-corrected chi connectivity index (χ0v) is 9.78. The van der Waals surface area contributed by atoms with Gasteiger partial charge in [-0.25, -0.2) is 0 Å². The van der Waals surface area contributed by atoms with Gasteiger partial charge in [0.25, 0.3) is 16.6 Å². The third kappa shape index (κ3) is 2.34. The lowest BCUT2D eigenvalue weighted by molar-refractivity contribution is -0.395. The Morgan fingerprint density at radius 1 is 1.29 bits per heavy atom. The van der Waals surface area contributed by atoms with Gasteiger partial charge in [0, 0.05) is 6.07 Å². The SMILES string of the molecule is Cc1c([N+](=O)[O-])cc(C(=O)Cl)c(Cl)c1[N+](=O)[O-]. The molecule has 0 aromatic heterocycles. The van der Waals surface area contributed by atoms with Crippen LogP contribution < -0.4 is 0 Å². The van der Waals surface area contributed by atoms with E-state index < -0.39 is 37.0 Å². The van der Waals surface area contributed by atoms with Gasteiger partial charge < -0.3 is 0 Å². The fourth-order valence-corrected chi connectivity index (χ4v) is 1.82. The Morgan fingerprint density at radius 3 is 2.18 bits per heavy atom. The van der Waals surface area contributed by atoms with E-state index in [1.165, 1.54) is 6.92 Å². The molecule has 1 aromatic rings. The maximum Gasteiger partial charge on any atom is 0.298 e. The van der Waals surface area contributed by atoms with Gasteiger partial charge in [0.15, 0.2) is 0 Å². The molecule has 0 heterocycles. The third-order valence-electron chi connectivity index (χ3n) is 2.06. The minimum Gasteiger partial charge on any atom is -0.276 e. The topological polar surface area (TPSA) is 103 Å². The molecule has 0 aliphatic carbocycles. The summed E-state index contributed by atoms with van der Waals surface area (Å²) in [6.45, 7) is 1.17. The predicted octanol–water partition coefficient (Wildman–Crippen LogP) is 2.84. The van der Waals surface area contributed by atoms with Crippen LogP contribution in [0.3, 0.4) is 0 Å². The number of rotatable bonds is 3. The molecule has 90 valence electrons. The number of nitro benzene ring substituents is 2. The van der Waals surface area contributed by atoms with Gasteiger partial charge >= 0.3 is 0 Å². The van der Waals surface area contributed by atoms with Crippen LogP contribution in [0.15, 0.2) is 6.07 Å². The van der Waals surface area contributed by atoms with E-state index in [9.17, 15) is 25.0 Å². The first-order chi connectivity index (χ1) is 7.77. The molecular formula is C8H4Cl2N2O5. The average molecular weight is 279 g/mol. The third-order valence-corrected chi connectivity index (χ3v) is 2.64. The Bertz CT molecular complexity index is 505. The van der Waals surface area contributed by atoms with E-state index in [4.69, 9.17) is 23.2 Å². The number of nitro groups is 2. The Balaban J connectivity index is 3.76. The summed E-state index contributed by atoms with van der Waals surface area (Å²) >= 11 is 10.8. The highest BCUT2D eigenvalue weighted by molar-refractivity contribution is 6.69. The van der Waals surface area contributed by atoms with E-state index in [-0.39, 0.29) is 5.56 Å². The Kier molecular flexibility index (Phi) is 3.64. The van der Waals surface area contributed by atoms with Gasteiger partial charge in [-0.2, -0.15) is 0 Å². The second-order valence-electron chi connectivity index (χ2n) is 3.02. The van der Waals surface area contributed by atoms with Crippen LogP contribution in [0.1, 0.15) is 15.9 Å². The monoisotopic (exact) mass is 278 g/mol. The van der Waals surface area contributed by atoms with Crippen LogP contribution in [0.25, 0.3) is 0 Å². The number of carbonyl (C=O) groups excluding carboxylic acids is 1. The highest BCUT2D eigenvalue weighted by atomic mass is 35.5. The van der Waals surface area contributed by atoms with E-state index in [2.05, 4.69) is 0 Å². The molecule has 0 atom stereocenters. The van der Waals surface area contributed by atoms with Crippen LogP contribution >= 0.6 is 23.2 Å². The molecule has 1 rings (SSSR count). The molecule has 17 heavy (non-hydrogen) atoms. The Hall–Kier alpha value is -1.73. The summed E-state index contributed by atoms with van der Waals surface area (Å²) in [5, 5.41) is 19.8. The van der Waals surface area contributed by atoms with Crippen LogP contribution in [0, 0.1) is 27.2 Å². The van der Waals surface area contributed by atoms with Gasteiger partial charge in [-0.05, 0) is 18.5 Å². The molecule has 0 aliphatic heterocycles. The van der Waals surface area contributed by atoms with Crippen molar-refractivity contribution in [2.45, 2.75) is 6.92 Å². The van der Waals surface area contributed by atoms with E-state index in [1.807, 2.05) is 0 Å². The van der Waals surface area contributed by atoms with Gasteiger partial charge in [0.2, 0.25) is 0 Å². The van der Waals surface area contributed by atoms with Crippen molar-refractivity contribution in [3.63, 3.8) is 0 Å². The van der Waals surface area contributed by atoms with Crippen molar-refractivity contribution in [3.05, 3.63) is 42.4 Å². The first kappa shape index (κ1) is 13.3. The van der Waals surface area contributed by atoms with Gasteiger partial charge in [-0.3, -0.25) is 25.0 Å². The lowest BCUT2D eigenvalue weighted by Crippen LogP contribution is -2.03. The van der Waals surface area contributed by atoms with E-state index in [1.54, 1.807) is 0 Å². The normalized spacial score (nSPS) is 10.1. The molecule has 0 aliphatic rings. The van der Waals surface area contributed by atoms with Crippen LogP contribution in [0.4, 0.5) is 11.4 Å². The quantitative estimate of drug-likeness (QED) is 0.480. The molecular weight excluding hydrogens is 275 g/mol. The fraction of sp³-hybridized carbons (Fsp3) is 0.125. The van der Waals surface area contributed by atoms with Crippen molar-refractivity contribution in [1.82, 2.24) is 0 Å². The first-order valence-electron chi connectivity index (χ1n) is 4.09.